The van der Waals surface area contributed by atoms with Crippen molar-refractivity contribution in [2.24, 2.45) is 11.8 Å². The van der Waals surface area contributed by atoms with E-state index in [0.717, 1.165) is 0 Å². The van der Waals surface area contributed by atoms with Gasteiger partial charge in [0.15, 0.2) is 0 Å². The Hall–Kier alpha value is -0.860. The predicted octanol–water partition coefficient (Wildman–Crippen LogP) is 0.546. The fourth-order valence-electron chi connectivity index (χ4n) is 0.799. The van der Waals surface area contributed by atoms with Gasteiger partial charge in [-0.05, 0) is 5.92 Å². The molecule has 0 rings (SSSR count). The molecule has 0 heterocycles. The Morgan fingerprint density at radius 3 is 1.91 bits per heavy atom. The van der Waals surface area contributed by atoms with Gasteiger partial charge in [0, 0.05) is 14.1 Å². The maximum Gasteiger partial charge on any atom is 0.232 e. The molecule has 0 aliphatic carbocycles. The average molecular weight is 157 g/mol. The summed E-state index contributed by atoms with van der Waals surface area (Å²) in [5, 5.41) is 0. The molecule has 1 atom stereocenters. The first-order valence-electron chi connectivity index (χ1n) is 3.67. The van der Waals surface area contributed by atoms with E-state index in [1.165, 1.54) is 4.90 Å². The van der Waals surface area contributed by atoms with Crippen LogP contribution < -0.4 is 0 Å². The first-order chi connectivity index (χ1) is 5.00. The molecule has 0 spiro atoms. The fraction of sp³-hybridized carbons (Fsp3) is 0.750. The molecule has 0 fully saturated rings. The lowest BCUT2D eigenvalue weighted by Gasteiger charge is -2.18. The molecule has 0 N–H and O–H groups in total. The summed E-state index contributed by atoms with van der Waals surface area (Å²) in [5.74, 6) is -0.512. The molecule has 0 radical (unpaired) electrons. The zero-order chi connectivity index (χ0) is 9.02. The van der Waals surface area contributed by atoms with Gasteiger partial charge >= 0.3 is 0 Å². The smallest absolute Gasteiger partial charge is 0.232 e. The third-order valence-corrected chi connectivity index (χ3v) is 1.59. The van der Waals surface area contributed by atoms with E-state index in [9.17, 15) is 9.59 Å². The van der Waals surface area contributed by atoms with Gasteiger partial charge in [-0.15, -0.1) is 0 Å². The highest BCUT2D eigenvalue weighted by Crippen LogP contribution is 2.09. The highest BCUT2D eigenvalue weighted by molar-refractivity contribution is 5.91. The first kappa shape index (κ1) is 10.1. The number of carbonyl (C=O) groups is 2. The lowest BCUT2D eigenvalue weighted by Crippen LogP contribution is -2.33. The number of hydrogen-bond acceptors (Lipinski definition) is 2. The Bertz CT molecular complexity index is 152. The zero-order valence-corrected chi connectivity index (χ0v) is 7.50. The Morgan fingerprint density at radius 2 is 1.82 bits per heavy atom. The molecule has 0 saturated carbocycles. The van der Waals surface area contributed by atoms with E-state index in [1.807, 2.05) is 13.8 Å². The van der Waals surface area contributed by atoms with E-state index in [2.05, 4.69) is 0 Å². The summed E-state index contributed by atoms with van der Waals surface area (Å²) in [7, 11) is 3.31. The lowest BCUT2D eigenvalue weighted by molar-refractivity contribution is -0.137. The molecule has 0 saturated heterocycles. The zero-order valence-electron chi connectivity index (χ0n) is 7.50. The summed E-state index contributed by atoms with van der Waals surface area (Å²) in [6.45, 7) is 3.72. The fourth-order valence-corrected chi connectivity index (χ4v) is 0.799. The van der Waals surface area contributed by atoms with Crippen molar-refractivity contribution in [2.75, 3.05) is 14.1 Å². The molecular weight excluding hydrogens is 142 g/mol. The van der Waals surface area contributed by atoms with Crippen molar-refractivity contribution in [3.63, 3.8) is 0 Å². The Kier molecular flexibility index (Phi) is 3.79. The van der Waals surface area contributed by atoms with Crippen molar-refractivity contribution < 1.29 is 9.59 Å². The number of aldehydes is 1. The largest absolute Gasteiger partial charge is 0.348 e. The van der Waals surface area contributed by atoms with Crippen LogP contribution in [-0.2, 0) is 9.59 Å². The number of rotatable bonds is 3. The minimum Gasteiger partial charge on any atom is -0.348 e. The summed E-state index contributed by atoms with van der Waals surface area (Å²) in [4.78, 5) is 23.1. The van der Waals surface area contributed by atoms with Crippen LogP contribution in [0, 0.1) is 11.8 Å². The highest BCUT2D eigenvalue weighted by atomic mass is 16.2. The Balaban J connectivity index is 4.26. The summed E-state index contributed by atoms with van der Waals surface area (Å²) in [6, 6.07) is 0. The first-order valence-corrected chi connectivity index (χ1v) is 3.67. The van der Waals surface area contributed by atoms with Crippen LogP contribution in [0.4, 0.5) is 0 Å². The van der Waals surface area contributed by atoms with Crippen molar-refractivity contribution in [1.82, 2.24) is 4.90 Å². The van der Waals surface area contributed by atoms with Gasteiger partial charge in [-0.1, -0.05) is 13.8 Å². The minimum absolute atomic E-state index is 0.0856. The van der Waals surface area contributed by atoms with E-state index in [1.54, 1.807) is 14.1 Å². The van der Waals surface area contributed by atoms with Gasteiger partial charge in [-0.25, -0.2) is 0 Å². The van der Waals surface area contributed by atoms with Gasteiger partial charge < -0.3 is 9.69 Å². The highest BCUT2D eigenvalue weighted by Gasteiger charge is 2.22. The van der Waals surface area contributed by atoms with Crippen molar-refractivity contribution in [2.45, 2.75) is 13.8 Å². The molecule has 1 unspecified atom stereocenters. The quantitative estimate of drug-likeness (QED) is 0.443. The second kappa shape index (κ2) is 4.11. The van der Waals surface area contributed by atoms with Crippen molar-refractivity contribution in [1.29, 1.82) is 0 Å². The SMILES string of the molecule is CC(C)C(C=O)C(=O)N(C)C. The monoisotopic (exact) mass is 157 g/mol. The minimum atomic E-state index is -0.481. The topological polar surface area (TPSA) is 37.4 Å². The van der Waals surface area contributed by atoms with E-state index >= 15 is 0 Å². The van der Waals surface area contributed by atoms with Crippen LogP contribution in [0.5, 0.6) is 0 Å². The van der Waals surface area contributed by atoms with Crippen LogP contribution in [0.2, 0.25) is 0 Å². The summed E-state index contributed by atoms with van der Waals surface area (Å²) >= 11 is 0. The number of carbonyl (C=O) groups excluding carboxylic acids is 2. The molecule has 0 aliphatic rings. The number of amides is 1. The van der Waals surface area contributed by atoms with E-state index < -0.39 is 5.92 Å². The maximum atomic E-state index is 11.2. The standard InChI is InChI=1S/C8H15NO2/c1-6(2)7(5-10)8(11)9(3)4/h5-7H,1-4H3. The van der Waals surface area contributed by atoms with Crippen molar-refractivity contribution in [3.8, 4) is 0 Å². The summed E-state index contributed by atoms with van der Waals surface area (Å²) in [6.07, 6.45) is 0.715. The maximum absolute atomic E-state index is 11.2. The molecular formula is C8H15NO2. The van der Waals surface area contributed by atoms with Crippen LogP contribution in [0.3, 0.4) is 0 Å². The van der Waals surface area contributed by atoms with Gasteiger partial charge in [-0.3, -0.25) is 4.79 Å². The molecule has 0 aromatic rings. The van der Waals surface area contributed by atoms with Crippen molar-refractivity contribution in [3.05, 3.63) is 0 Å². The average Bonchev–Trinajstić information content (AvgIpc) is 1.88. The molecule has 64 valence electrons. The Labute approximate surface area is 67.4 Å². The third kappa shape index (κ3) is 2.70. The van der Waals surface area contributed by atoms with Gasteiger partial charge in [0.25, 0.3) is 0 Å². The van der Waals surface area contributed by atoms with E-state index in [4.69, 9.17) is 0 Å². The van der Waals surface area contributed by atoms with E-state index in [-0.39, 0.29) is 11.8 Å². The van der Waals surface area contributed by atoms with E-state index in [0.29, 0.717) is 6.29 Å². The third-order valence-electron chi connectivity index (χ3n) is 1.59. The molecule has 0 aromatic heterocycles. The predicted molar refractivity (Wildman–Crippen MR) is 43.1 cm³/mol. The molecule has 0 aliphatic heterocycles. The van der Waals surface area contributed by atoms with Crippen LogP contribution in [0.15, 0.2) is 0 Å². The molecule has 0 bridgehead atoms. The van der Waals surface area contributed by atoms with Crippen LogP contribution in [-0.4, -0.2) is 31.2 Å². The Morgan fingerprint density at radius 1 is 1.36 bits per heavy atom. The normalized spacial score (nSPS) is 12.8. The van der Waals surface area contributed by atoms with Gasteiger partial charge in [0.05, 0.1) is 5.92 Å². The molecule has 11 heavy (non-hydrogen) atoms. The molecule has 1 amide bonds. The summed E-state index contributed by atoms with van der Waals surface area (Å²) < 4.78 is 0. The van der Waals surface area contributed by atoms with Crippen molar-refractivity contribution >= 4 is 12.2 Å². The van der Waals surface area contributed by atoms with Crippen LogP contribution in [0.25, 0.3) is 0 Å². The number of hydrogen-bond donors (Lipinski definition) is 0. The molecule has 3 nitrogen and oxygen atoms in total. The second-order valence-electron chi connectivity index (χ2n) is 3.14. The van der Waals surface area contributed by atoms with Crippen LogP contribution >= 0.6 is 0 Å². The molecule has 0 aromatic carbocycles. The lowest BCUT2D eigenvalue weighted by atomic mass is 9.96. The van der Waals surface area contributed by atoms with Gasteiger partial charge in [-0.2, -0.15) is 0 Å². The van der Waals surface area contributed by atoms with Crippen LogP contribution in [0.1, 0.15) is 13.8 Å². The number of nitrogens with zero attached hydrogens (tertiary/aromatic N) is 1. The van der Waals surface area contributed by atoms with Gasteiger partial charge in [0.2, 0.25) is 5.91 Å². The van der Waals surface area contributed by atoms with Gasteiger partial charge in [0.1, 0.15) is 6.29 Å². The summed E-state index contributed by atoms with van der Waals surface area (Å²) in [5.41, 5.74) is 0. The second-order valence-corrected chi connectivity index (χ2v) is 3.14. The molecule has 3 heteroatoms.